The minimum Gasteiger partial charge on any atom is -0.483 e. The molecule has 1 atom stereocenters. The first-order valence-corrected chi connectivity index (χ1v) is 9.44. The molecule has 0 aliphatic rings. The molecule has 2 aromatic carbocycles. The first-order chi connectivity index (χ1) is 13.3. The Bertz CT molecular complexity index is 1020. The van der Waals surface area contributed by atoms with Gasteiger partial charge in [0.2, 0.25) is 0 Å². The molecule has 1 unspecified atom stereocenters. The highest BCUT2D eigenvalue weighted by molar-refractivity contribution is 5.79. The maximum Gasteiger partial charge on any atom is 0.258 e. The summed E-state index contributed by atoms with van der Waals surface area (Å²) in [6, 6.07) is 13.7. The molecule has 0 bridgehead atoms. The zero-order valence-electron chi connectivity index (χ0n) is 17.0. The number of hydrogen-bond acceptors (Lipinski definition) is 3. The summed E-state index contributed by atoms with van der Waals surface area (Å²) in [6.07, 6.45) is 0. The van der Waals surface area contributed by atoms with Crippen molar-refractivity contribution in [3.05, 3.63) is 71.6 Å². The number of carbonyl (C=O) groups excluding carboxylic acids is 1. The molecule has 0 radical (unpaired) electrons. The standard InChI is InChI=1S/C23H27N3O2/c1-15(2)13-26-20-9-7-6-8-19(20)25-23(26)18(5)24-22(27)14-28-21-12-16(3)10-11-17(21)4/h6-12,18H,1,13-14H2,2-5H3,(H,24,27). The summed E-state index contributed by atoms with van der Waals surface area (Å²) >= 11 is 0. The van der Waals surface area contributed by atoms with Crippen molar-refractivity contribution < 1.29 is 9.53 Å². The number of nitrogens with one attached hydrogen (secondary N) is 1. The molecule has 1 amide bonds. The van der Waals surface area contributed by atoms with Gasteiger partial charge in [0.25, 0.3) is 5.91 Å². The number of allylic oxidation sites excluding steroid dienone is 1. The number of para-hydroxylation sites is 2. The predicted octanol–water partition coefficient (Wildman–Crippen LogP) is 4.49. The lowest BCUT2D eigenvalue weighted by molar-refractivity contribution is -0.123. The van der Waals surface area contributed by atoms with E-state index >= 15 is 0 Å². The molecule has 5 nitrogen and oxygen atoms in total. The number of carbonyl (C=O) groups is 1. The Morgan fingerprint density at radius 2 is 2.00 bits per heavy atom. The van der Waals surface area contributed by atoms with Crippen LogP contribution in [0.5, 0.6) is 5.75 Å². The summed E-state index contributed by atoms with van der Waals surface area (Å²) in [5, 5.41) is 3.00. The van der Waals surface area contributed by atoms with Crippen LogP contribution in [0.2, 0.25) is 0 Å². The number of nitrogens with zero attached hydrogens (tertiary/aromatic N) is 2. The van der Waals surface area contributed by atoms with E-state index < -0.39 is 0 Å². The third-order valence-electron chi connectivity index (χ3n) is 4.58. The number of ether oxygens (including phenoxy) is 1. The summed E-state index contributed by atoms with van der Waals surface area (Å²) < 4.78 is 7.82. The van der Waals surface area contributed by atoms with E-state index in [9.17, 15) is 4.79 Å². The van der Waals surface area contributed by atoms with Gasteiger partial charge in [-0.1, -0.05) is 36.4 Å². The minimum atomic E-state index is -0.249. The highest BCUT2D eigenvalue weighted by Gasteiger charge is 2.18. The van der Waals surface area contributed by atoms with Crippen LogP contribution in [0.4, 0.5) is 0 Å². The Balaban J connectivity index is 1.73. The molecule has 5 heteroatoms. The maximum absolute atomic E-state index is 12.5. The zero-order valence-corrected chi connectivity index (χ0v) is 17.0. The van der Waals surface area contributed by atoms with Crippen LogP contribution in [-0.2, 0) is 11.3 Å². The van der Waals surface area contributed by atoms with Crippen molar-refractivity contribution in [2.24, 2.45) is 0 Å². The molecular weight excluding hydrogens is 350 g/mol. The Kier molecular flexibility index (Phi) is 5.83. The van der Waals surface area contributed by atoms with E-state index in [1.54, 1.807) is 0 Å². The highest BCUT2D eigenvalue weighted by atomic mass is 16.5. The average Bonchev–Trinajstić information content (AvgIpc) is 3.00. The van der Waals surface area contributed by atoms with Crippen molar-refractivity contribution in [3.63, 3.8) is 0 Å². The topological polar surface area (TPSA) is 56.2 Å². The number of amides is 1. The lowest BCUT2D eigenvalue weighted by atomic mass is 10.1. The smallest absolute Gasteiger partial charge is 0.258 e. The number of rotatable bonds is 7. The van der Waals surface area contributed by atoms with Crippen molar-refractivity contribution >= 4 is 16.9 Å². The third kappa shape index (κ3) is 4.42. The average molecular weight is 377 g/mol. The second kappa shape index (κ2) is 8.30. The van der Waals surface area contributed by atoms with Gasteiger partial charge in [-0.25, -0.2) is 4.98 Å². The van der Waals surface area contributed by atoms with Crippen LogP contribution in [-0.4, -0.2) is 22.1 Å². The first-order valence-electron chi connectivity index (χ1n) is 9.44. The number of hydrogen-bond donors (Lipinski definition) is 1. The van der Waals surface area contributed by atoms with Crippen molar-refractivity contribution in [1.29, 1.82) is 0 Å². The van der Waals surface area contributed by atoms with Crippen LogP contribution in [0.3, 0.4) is 0 Å². The predicted molar refractivity (Wildman–Crippen MR) is 113 cm³/mol. The summed E-state index contributed by atoms with van der Waals surface area (Å²) in [4.78, 5) is 17.2. The summed E-state index contributed by atoms with van der Waals surface area (Å²) in [5.74, 6) is 1.36. The fourth-order valence-electron chi connectivity index (χ4n) is 3.21. The Morgan fingerprint density at radius 3 is 2.75 bits per heavy atom. The van der Waals surface area contributed by atoms with Gasteiger partial charge in [-0.15, -0.1) is 0 Å². The van der Waals surface area contributed by atoms with Gasteiger partial charge in [0.1, 0.15) is 11.6 Å². The molecule has 146 valence electrons. The number of aryl methyl sites for hydroxylation is 2. The van der Waals surface area contributed by atoms with E-state index in [0.29, 0.717) is 6.54 Å². The summed E-state index contributed by atoms with van der Waals surface area (Å²) in [7, 11) is 0. The fourth-order valence-corrected chi connectivity index (χ4v) is 3.21. The molecule has 28 heavy (non-hydrogen) atoms. The Hall–Kier alpha value is -3.08. The Labute approximate surface area is 166 Å². The van der Waals surface area contributed by atoms with E-state index in [1.807, 2.05) is 70.2 Å². The Morgan fingerprint density at radius 1 is 1.25 bits per heavy atom. The second-order valence-corrected chi connectivity index (χ2v) is 7.35. The first kappa shape index (κ1) is 19.7. The van der Waals surface area contributed by atoms with E-state index in [4.69, 9.17) is 9.72 Å². The maximum atomic E-state index is 12.5. The summed E-state index contributed by atoms with van der Waals surface area (Å²) in [5.41, 5.74) is 5.08. The van der Waals surface area contributed by atoms with Gasteiger partial charge in [0, 0.05) is 6.54 Å². The fraction of sp³-hybridized carbons (Fsp3) is 0.304. The van der Waals surface area contributed by atoms with Crippen molar-refractivity contribution in [1.82, 2.24) is 14.9 Å². The van der Waals surface area contributed by atoms with E-state index in [0.717, 1.165) is 39.3 Å². The lowest BCUT2D eigenvalue weighted by Crippen LogP contribution is -2.32. The van der Waals surface area contributed by atoms with Gasteiger partial charge < -0.3 is 14.6 Å². The van der Waals surface area contributed by atoms with Crippen molar-refractivity contribution in [3.8, 4) is 5.75 Å². The summed E-state index contributed by atoms with van der Waals surface area (Å²) in [6.45, 7) is 12.5. The monoisotopic (exact) mass is 377 g/mol. The van der Waals surface area contributed by atoms with Gasteiger partial charge in [0.15, 0.2) is 6.61 Å². The molecule has 3 rings (SSSR count). The number of fused-ring (bicyclic) bond motifs is 1. The molecular formula is C23H27N3O2. The van der Waals surface area contributed by atoms with Crippen LogP contribution in [0.25, 0.3) is 11.0 Å². The van der Waals surface area contributed by atoms with Crippen molar-refractivity contribution in [2.75, 3.05) is 6.61 Å². The third-order valence-corrected chi connectivity index (χ3v) is 4.58. The highest BCUT2D eigenvalue weighted by Crippen LogP contribution is 2.22. The van der Waals surface area contributed by atoms with Crippen LogP contribution in [0.1, 0.15) is 36.8 Å². The van der Waals surface area contributed by atoms with E-state index in [-0.39, 0.29) is 18.6 Å². The van der Waals surface area contributed by atoms with Crippen LogP contribution in [0, 0.1) is 13.8 Å². The van der Waals surface area contributed by atoms with E-state index in [1.165, 1.54) is 0 Å². The largest absolute Gasteiger partial charge is 0.483 e. The molecule has 1 aromatic heterocycles. The lowest BCUT2D eigenvalue weighted by Gasteiger charge is -2.17. The molecule has 0 saturated carbocycles. The molecule has 0 saturated heterocycles. The van der Waals surface area contributed by atoms with Crippen molar-refractivity contribution in [2.45, 2.75) is 40.3 Å². The number of benzene rings is 2. The van der Waals surface area contributed by atoms with Crippen LogP contribution in [0.15, 0.2) is 54.6 Å². The number of aromatic nitrogens is 2. The zero-order chi connectivity index (χ0) is 20.3. The molecule has 1 heterocycles. The molecule has 3 aromatic rings. The molecule has 0 aliphatic heterocycles. The van der Waals surface area contributed by atoms with Gasteiger partial charge in [-0.3, -0.25) is 4.79 Å². The van der Waals surface area contributed by atoms with Gasteiger partial charge >= 0.3 is 0 Å². The van der Waals surface area contributed by atoms with Gasteiger partial charge in [-0.05, 0) is 57.0 Å². The van der Waals surface area contributed by atoms with Crippen LogP contribution >= 0.6 is 0 Å². The van der Waals surface area contributed by atoms with Gasteiger partial charge in [-0.2, -0.15) is 0 Å². The van der Waals surface area contributed by atoms with E-state index in [2.05, 4.69) is 16.5 Å². The second-order valence-electron chi connectivity index (χ2n) is 7.35. The van der Waals surface area contributed by atoms with Gasteiger partial charge in [0.05, 0.1) is 17.1 Å². The molecule has 0 aliphatic carbocycles. The number of imidazole rings is 1. The molecule has 0 fully saturated rings. The SMILES string of the molecule is C=C(C)Cn1c(C(C)NC(=O)COc2cc(C)ccc2C)nc2ccccc21. The minimum absolute atomic E-state index is 0.0324. The normalized spacial score (nSPS) is 12.0. The molecule has 0 spiro atoms. The molecule has 1 N–H and O–H groups in total. The quantitative estimate of drug-likeness (QED) is 0.618. The van der Waals surface area contributed by atoms with Crippen LogP contribution < -0.4 is 10.1 Å².